The summed E-state index contributed by atoms with van der Waals surface area (Å²) in [5, 5.41) is 0. The number of methoxy groups -OCH3 is 2. The van der Waals surface area contributed by atoms with Crippen molar-refractivity contribution < 1.29 is 17.9 Å². The van der Waals surface area contributed by atoms with Gasteiger partial charge < -0.3 is 9.47 Å². The van der Waals surface area contributed by atoms with Crippen molar-refractivity contribution in [1.82, 2.24) is 4.72 Å². The molecule has 0 aliphatic carbocycles. The highest BCUT2D eigenvalue weighted by molar-refractivity contribution is 7.89. The molecular formula is C22H31NO4S. The van der Waals surface area contributed by atoms with Crippen LogP contribution in [0.25, 0.3) is 0 Å². The lowest BCUT2D eigenvalue weighted by molar-refractivity contribution is 0.354. The number of benzene rings is 2. The summed E-state index contributed by atoms with van der Waals surface area (Å²) in [7, 11) is -0.344. The molecule has 0 heterocycles. The maximum atomic E-state index is 12.5. The summed E-state index contributed by atoms with van der Waals surface area (Å²) in [4.78, 5) is 0.303. The quantitative estimate of drug-likeness (QED) is 0.533. The maximum Gasteiger partial charge on any atom is 0.240 e. The third-order valence-electron chi connectivity index (χ3n) is 4.71. The third-order valence-corrected chi connectivity index (χ3v) is 6.18. The Hall–Kier alpha value is -2.05. The van der Waals surface area contributed by atoms with Crippen molar-refractivity contribution >= 4 is 10.0 Å². The zero-order valence-corrected chi connectivity index (χ0v) is 17.8. The number of hydrogen-bond acceptors (Lipinski definition) is 4. The number of unbranched alkanes of at least 4 members (excludes halogenated alkanes) is 3. The summed E-state index contributed by atoms with van der Waals surface area (Å²) in [5.74, 6) is 1.29. The van der Waals surface area contributed by atoms with E-state index in [9.17, 15) is 8.42 Å². The van der Waals surface area contributed by atoms with Gasteiger partial charge in [-0.25, -0.2) is 13.1 Å². The Labute approximate surface area is 169 Å². The zero-order valence-electron chi connectivity index (χ0n) is 17.0. The fraction of sp³-hybridized carbons (Fsp3) is 0.455. The van der Waals surface area contributed by atoms with Crippen LogP contribution in [0.5, 0.6) is 11.5 Å². The average molecular weight is 406 g/mol. The van der Waals surface area contributed by atoms with Gasteiger partial charge in [0.25, 0.3) is 0 Å². The van der Waals surface area contributed by atoms with E-state index in [-0.39, 0.29) is 0 Å². The molecule has 0 aromatic heterocycles. The molecule has 2 aromatic carbocycles. The normalized spacial score (nSPS) is 11.4. The van der Waals surface area contributed by atoms with E-state index in [0.29, 0.717) is 29.4 Å². The summed E-state index contributed by atoms with van der Waals surface area (Å²) in [5.41, 5.74) is 2.16. The molecule has 0 bridgehead atoms. The predicted octanol–water partition coefficient (Wildman–Crippen LogP) is 4.35. The van der Waals surface area contributed by atoms with Gasteiger partial charge in [0.1, 0.15) is 0 Å². The molecule has 0 aliphatic heterocycles. The Morgan fingerprint density at radius 2 is 1.50 bits per heavy atom. The van der Waals surface area contributed by atoms with Gasteiger partial charge in [0.15, 0.2) is 11.5 Å². The topological polar surface area (TPSA) is 64.6 Å². The standard InChI is InChI=1S/C22H31NO4S/c1-4-5-6-7-8-18-9-12-20(13-10-18)28(24,25)23-16-15-19-11-14-21(26-2)22(17-19)27-3/h9-14,17,23H,4-8,15-16H2,1-3H3. The van der Waals surface area contributed by atoms with E-state index < -0.39 is 10.0 Å². The van der Waals surface area contributed by atoms with Crippen LogP contribution in [-0.2, 0) is 22.9 Å². The van der Waals surface area contributed by atoms with Crippen LogP contribution in [0.15, 0.2) is 47.4 Å². The molecule has 0 spiro atoms. The number of nitrogens with one attached hydrogen (secondary N) is 1. The summed E-state index contributed by atoms with van der Waals surface area (Å²) >= 11 is 0. The number of hydrogen-bond donors (Lipinski definition) is 1. The van der Waals surface area contributed by atoms with Gasteiger partial charge in [0.2, 0.25) is 10.0 Å². The smallest absolute Gasteiger partial charge is 0.240 e. The largest absolute Gasteiger partial charge is 0.493 e. The molecule has 0 aliphatic rings. The van der Waals surface area contributed by atoms with E-state index in [4.69, 9.17) is 9.47 Å². The number of rotatable bonds is 12. The van der Waals surface area contributed by atoms with Crippen molar-refractivity contribution in [2.45, 2.75) is 50.3 Å². The SMILES string of the molecule is CCCCCCc1ccc(S(=O)(=O)NCCc2ccc(OC)c(OC)c2)cc1. The molecular weight excluding hydrogens is 374 g/mol. The Kier molecular flexibility index (Phi) is 8.80. The van der Waals surface area contributed by atoms with Crippen LogP contribution in [0.1, 0.15) is 43.7 Å². The fourth-order valence-corrected chi connectivity index (χ4v) is 4.07. The Morgan fingerprint density at radius 1 is 0.821 bits per heavy atom. The highest BCUT2D eigenvalue weighted by Gasteiger charge is 2.13. The molecule has 0 saturated heterocycles. The van der Waals surface area contributed by atoms with Crippen molar-refractivity contribution in [1.29, 1.82) is 0 Å². The first-order chi connectivity index (χ1) is 13.5. The van der Waals surface area contributed by atoms with Crippen LogP contribution in [0.2, 0.25) is 0 Å². The Morgan fingerprint density at radius 3 is 2.14 bits per heavy atom. The molecule has 6 heteroatoms. The van der Waals surface area contributed by atoms with Crippen molar-refractivity contribution in [2.24, 2.45) is 0 Å². The second-order valence-electron chi connectivity index (χ2n) is 6.79. The minimum absolute atomic E-state index is 0.303. The lowest BCUT2D eigenvalue weighted by atomic mass is 10.1. The van der Waals surface area contributed by atoms with E-state index in [0.717, 1.165) is 18.4 Å². The molecule has 2 rings (SSSR count). The molecule has 0 atom stereocenters. The van der Waals surface area contributed by atoms with E-state index in [1.54, 1.807) is 26.4 Å². The van der Waals surface area contributed by atoms with Crippen LogP contribution in [0.3, 0.4) is 0 Å². The van der Waals surface area contributed by atoms with Gasteiger partial charge in [-0.2, -0.15) is 0 Å². The zero-order chi connectivity index (χ0) is 20.4. The molecule has 0 fully saturated rings. The predicted molar refractivity (Wildman–Crippen MR) is 113 cm³/mol. The molecule has 2 aromatic rings. The highest BCUT2D eigenvalue weighted by Crippen LogP contribution is 2.27. The van der Waals surface area contributed by atoms with Gasteiger partial charge in [-0.1, -0.05) is 44.4 Å². The molecule has 28 heavy (non-hydrogen) atoms. The Bertz CT molecular complexity index is 832. The Balaban J connectivity index is 1.89. The van der Waals surface area contributed by atoms with E-state index in [1.807, 2.05) is 30.3 Å². The first kappa shape index (κ1) is 22.2. The van der Waals surface area contributed by atoms with Crippen LogP contribution in [0, 0.1) is 0 Å². The molecule has 0 saturated carbocycles. The van der Waals surface area contributed by atoms with Crippen LogP contribution >= 0.6 is 0 Å². The van der Waals surface area contributed by atoms with Gasteiger partial charge in [0, 0.05) is 6.54 Å². The number of sulfonamides is 1. The summed E-state index contributed by atoms with van der Waals surface area (Å²) in [6, 6.07) is 12.8. The lowest BCUT2D eigenvalue weighted by Gasteiger charge is -2.11. The van der Waals surface area contributed by atoms with Gasteiger partial charge in [-0.3, -0.25) is 0 Å². The van der Waals surface area contributed by atoms with E-state index in [2.05, 4.69) is 11.6 Å². The van der Waals surface area contributed by atoms with Gasteiger partial charge in [-0.05, 0) is 54.7 Å². The summed E-state index contributed by atoms with van der Waals surface area (Å²) in [6.45, 7) is 2.51. The van der Waals surface area contributed by atoms with Crippen LogP contribution < -0.4 is 14.2 Å². The number of aryl methyl sites for hydroxylation is 1. The molecule has 0 unspecified atom stereocenters. The molecule has 0 amide bonds. The van der Waals surface area contributed by atoms with E-state index >= 15 is 0 Å². The van der Waals surface area contributed by atoms with Crippen molar-refractivity contribution in [3.05, 3.63) is 53.6 Å². The van der Waals surface area contributed by atoms with Gasteiger partial charge >= 0.3 is 0 Å². The van der Waals surface area contributed by atoms with Crippen LogP contribution in [-0.4, -0.2) is 29.2 Å². The lowest BCUT2D eigenvalue weighted by Crippen LogP contribution is -2.26. The van der Waals surface area contributed by atoms with Gasteiger partial charge in [-0.15, -0.1) is 0 Å². The van der Waals surface area contributed by atoms with Crippen molar-refractivity contribution in [3.63, 3.8) is 0 Å². The van der Waals surface area contributed by atoms with Crippen molar-refractivity contribution in [3.8, 4) is 11.5 Å². The van der Waals surface area contributed by atoms with Gasteiger partial charge in [0.05, 0.1) is 19.1 Å². The average Bonchev–Trinajstić information content (AvgIpc) is 2.71. The maximum absolute atomic E-state index is 12.5. The van der Waals surface area contributed by atoms with Crippen molar-refractivity contribution in [2.75, 3.05) is 20.8 Å². The monoisotopic (exact) mass is 405 g/mol. The third kappa shape index (κ3) is 6.53. The fourth-order valence-electron chi connectivity index (χ4n) is 3.04. The molecule has 5 nitrogen and oxygen atoms in total. The minimum Gasteiger partial charge on any atom is -0.493 e. The second-order valence-corrected chi connectivity index (χ2v) is 8.56. The summed E-state index contributed by atoms with van der Waals surface area (Å²) < 4.78 is 38.2. The minimum atomic E-state index is -3.51. The van der Waals surface area contributed by atoms with Crippen LogP contribution in [0.4, 0.5) is 0 Å². The molecule has 0 radical (unpaired) electrons. The molecule has 1 N–H and O–H groups in total. The number of ether oxygens (including phenoxy) is 2. The first-order valence-corrected chi connectivity index (χ1v) is 11.3. The summed E-state index contributed by atoms with van der Waals surface area (Å²) in [6.07, 6.45) is 6.38. The second kappa shape index (κ2) is 11.1. The van der Waals surface area contributed by atoms with E-state index in [1.165, 1.54) is 24.8 Å². The first-order valence-electron chi connectivity index (χ1n) is 9.79. The highest BCUT2D eigenvalue weighted by atomic mass is 32.2. The molecule has 154 valence electrons.